The molecule has 4 N–H and O–H groups in total. The van der Waals surface area contributed by atoms with Gasteiger partial charge in [-0.25, -0.2) is 14.8 Å². The van der Waals surface area contributed by atoms with Crippen molar-refractivity contribution in [2.75, 3.05) is 39.5 Å². The number of rotatable bonds is 7. The number of nitrogens with zero attached hydrogens (tertiary/aromatic N) is 4. The quantitative estimate of drug-likeness (QED) is 0.409. The molecule has 12 heteroatoms. The topological polar surface area (TPSA) is 133 Å². The standard InChI is InChI=1S/C27H35N7O4S/c1-17(2)34(27(37)29-3)33-13-12-32(15-19-6-5-7-22-24(19)31-26(28)39-22)25(36)21(30-23(35)16-33)14-18-8-10-20(38-4)11-9-18/h5-11,17,21H,12-16H2,1-4H3,(H2,28,31)(H,29,37)(H,30,35)/t21-/m0/s1. The maximum absolute atomic E-state index is 14.0. The number of urea groups is 1. The summed E-state index contributed by atoms with van der Waals surface area (Å²) in [7, 11) is 3.14. The summed E-state index contributed by atoms with van der Waals surface area (Å²) in [5.41, 5.74) is 8.48. The lowest BCUT2D eigenvalue weighted by Gasteiger charge is -2.37. The number of hydrazine groups is 1. The number of nitrogens with one attached hydrogen (secondary N) is 2. The molecule has 1 fully saturated rings. The monoisotopic (exact) mass is 553 g/mol. The fourth-order valence-corrected chi connectivity index (χ4v) is 5.53. The van der Waals surface area contributed by atoms with Crippen molar-refractivity contribution in [3.05, 3.63) is 53.6 Å². The van der Waals surface area contributed by atoms with E-state index >= 15 is 0 Å². The number of hydrogen-bond acceptors (Lipinski definition) is 8. The Labute approximate surface area is 231 Å². The van der Waals surface area contributed by atoms with Gasteiger partial charge in [0.15, 0.2) is 5.13 Å². The number of thiazole rings is 1. The zero-order chi connectivity index (χ0) is 28.1. The number of hydrogen-bond donors (Lipinski definition) is 3. The van der Waals surface area contributed by atoms with E-state index in [0.717, 1.165) is 21.3 Å². The molecule has 4 amide bonds. The highest BCUT2D eigenvalue weighted by Crippen LogP contribution is 2.27. The van der Waals surface area contributed by atoms with Crippen molar-refractivity contribution in [1.29, 1.82) is 0 Å². The summed E-state index contributed by atoms with van der Waals surface area (Å²) in [6.07, 6.45) is 0.308. The summed E-state index contributed by atoms with van der Waals surface area (Å²) in [4.78, 5) is 46.1. The van der Waals surface area contributed by atoms with Crippen molar-refractivity contribution in [2.45, 2.75) is 38.9 Å². The number of fused-ring (bicyclic) bond motifs is 1. The van der Waals surface area contributed by atoms with Crippen LogP contribution in [0, 0.1) is 0 Å². The minimum absolute atomic E-state index is 0.0654. The van der Waals surface area contributed by atoms with Crippen molar-refractivity contribution < 1.29 is 19.1 Å². The van der Waals surface area contributed by atoms with E-state index < -0.39 is 6.04 Å². The fourth-order valence-electron chi connectivity index (χ4n) is 4.75. The predicted octanol–water partition coefficient (Wildman–Crippen LogP) is 2.22. The van der Waals surface area contributed by atoms with Gasteiger partial charge in [0.1, 0.15) is 11.8 Å². The Balaban J connectivity index is 1.68. The van der Waals surface area contributed by atoms with E-state index in [2.05, 4.69) is 15.6 Å². The SMILES string of the molecule is CNC(=O)N(C(C)C)N1CCN(Cc2cccc3sc(N)nc23)C(=O)[C@H](Cc2ccc(OC)cc2)NC(=O)C1. The van der Waals surface area contributed by atoms with Crippen LogP contribution in [0.3, 0.4) is 0 Å². The molecule has 1 aliphatic heterocycles. The normalized spacial score (nSPS) is 16.9. The van der Waals surface area contributed by atoms with Gasteiger partial charge in [-0.15, -0.1) is 0 Å². The summed E-state index contributed by atoms with van der Waals surface area (Å²) in [6.45, 7) is 4.55. The van der Waals surface area contributed by atoms with Crippen LogP contribution in [0.25, 0.3) is 10.2 Å². The first-order valence-corrected chi connectivity index (χ1v) is 13.6. The molecule has 2 heterocycles. The number of nitrogens with two attached hydrogens (primary N) is 1. The number of carbonyl (C=O) groups is 3. The third kappa shape index (κ3) is 6.58. The Bertz CT molecular complexity index is 1330. The number of amides is 4. The molecule has 208 valence electrons. The summed E-state index contributed by atoms with van der Waals surface area (Å²) in [6, 6.07) is 11.9. The maximum Gasteiger partial charge on any atom is 0.331 e. The number of methoxy groups -OCH3 is 1. The molecule has 11 nitrogen and oxygen atoms in total. The molecular weight excluding hydrogens is 518 g/mol. The molecule has 0 saturated carbocycles. The molecule has 2 aromatic carbocycles. The number of ether oxygens (including phenoxy) is 1. The second kappa shape index (κ2) is 12.3. The predicted molar refractivity (Wildman–Crippen MR) is 151 cm³/mol. The Morgan fingerprint density at radius 1 is 1.23 bits per heavy atom. The van der Waals surface area contributed by atoms with Crippen LogP contribution >= 0.6 is 11.3 Å². The molecule has 39 heavy (non-hydrogen) atoms. The van der Waals surface area contributed by atoms with Crippen LogP contribution in [-0.2, 0) is 22.6 Å². The van der Waals surface area contributed by atoms with Gasteiger partial charge in [-0.2, -0.15) is 0 Å². The minimum atomic E-state index is -0.793. The van der Waals surface area contributed by atoms with Gasteiger partial charge in [0, 0.05) is 39.1 Å². The van der Waals surface area contributed by atoms with Crippen LogP contribution in [0.5, 0.6) is 5.75 Å². The smallest absolute Gasteiger partial charge is 0.331 e. The summed E-state index contributed by atoms with van der Waals surface area (Å²) < 4.78 is 6.19. The number of para-hydroxylation sites is 1. The van der Waals surface area contributed by atoms with Crippen molar-refractivity contribution in [3.8, 4) is 5.75 Å². The van der Waals surface area contributed by atoms with Crippen molar-refractivity contribution in [1.82, 2.24) is 30.5 Å². The van der Waals surface area contributed by atoms with Gasteiger partial charge >= 0.3 is 6.03 Å². The lowest BCUT2D eigenvalue weighted by atomic mass is 10.0. The lowest BCUT2D eigenvalue weighted by Crippen LogP contribution is -2.57. The Kier molecular flexibility index (Phi) is 8.87. The average molecular weight is 554 g/mol. The molecule has 1 atom stereocenters. The second-order valence-electron chi connectivity index (χ2n) is 9.63. The molecule has 0 bridgehead atoms. The van der Waals surface area contributed by atoms with Gasteiger partial charge in [-0.1, -0.05) is 35.6 Å². The fraction of sp³-hybridized carbons (Fsp3) is 0.407. The molecule has 1 saturated heterocycles. The van der Waals surface area contributed by atoms with Gasteiger partial charge < -0.3 is 26.0 Å². The molecule has 0 spiro atoms. The van der Waals surface area contributed by atoms with Crippen molar-refractivity contribution in [2.24, 2.45) is 0 Å². The van der Waals surface area contributed by atoms with Gasteiger partial charge in [0.25, 0.3) is 0 Å². The number of benzene rings is 2. The average Bonchev–Trinajstić information content (AvgIpc) is 3.32. The molecule has 3 aromatic rings. The molecule has 4 rings (SSSR count). The highest BCUT2D eigenvalue weighted by atomic mass is 32.1. The van der Waals surface area contributed by atoms with Crippen molar-refractivity contribution >= 4 is 44.5 Å². The lowest BCUT2D eigenvalue weighted by molar-refractivity contribution is -0.136. The first-order chi connectivity index (χ1) is 18.7. The highest BCUT2D eigenvalue weighted by Gasteiger charge is 2.33. The number of carbonyl (C=O) groups excluding carboxylic acids is 3. The second-order valence-corrected chi connectivity index (χ2v) is 10.7. The van der Waals surface area contributed by atoms with E-state index in [4.69, 9.17) is 10.5 Å². The Morgan fingerprint density at radius 2 is 1.97 bits per heavy atom. The van der Waals surface area contributed by atoms with Gasteiger partial charge in [-0.05, 0) is 43.2 Å². The van der Waals surface area contributed by atoms with E-state index in [9.17, 15) is 14.4 Å². The molecule has 0 radical (unpaired) electrons. The van der Waals surface area contributed by atoms with E-state index in [1.165, 1.54) is 16.3 Å². The van der Waals surface area contributed by atoms with Crippen molar-refractivity contribution in [3.63, 3.8) is 0 Å². The van der Waals surface area contributed by atoms with E-state index in [0.29, 0.717) is 23.8 Å². The Morgan fingerprint density at radius 3 is 2.64 bits per heavy atom. The summed E-state index contributed by atoms with van der Waals surface area (Å²) in [5.74, 6) is 0.157. The van der Waals surface area contributed by atoms with Crippen LogP contribution < -0.4 is 21.1 Å². The van der Waals surface area contributed by atoms with Gasteiger partial charge in [0.05, 0.1) is 23.9 Å². The molecule has 1 aliphatic rings. The zero-order valence-electron chi connectivity index (χ0n) is 22.6. The van der Waals surface area contributed by atoms with Crippen LogP contribution in [0.2, 0.25) is 0 Å². The van der Waals surface area contributed by atoms with E-state index in [1.807, 2.05) is 56.3 Å². The first kappa shape index (κ1) is 28.1. The van der Waals surface area contributed by atoms with E-state index in [1.54, 1.807) is 24.1 Å². The number of nitrogen functional groups attached to an aromatic ring is 1. The van der Waals surface area contributed by atoms with Crippen LogP contribution in [0.4, 0.5) is 9.93 Å². The third-order valence-corrected chi connectivity index (χ3v) is 7.44. The van der Waals surface area contributed by atoms with Gasteiger partial charge in [-0.3, -0.25) is 14.6 Å². The van der Waals surface area contributed by atoms with Crippen LogP contribution in [0.1, 0.15) is 25.0 Å². The first-order valence-electron chi connectivity index (χ1n) is 12.8. The number of anilines is 1. The number of aromatic nitrogens is 1. The van der Waals surface area contributed by atoms with Crippen LogP contribution in [0.15, 0.2) is 42.5 Å². The molecule has 0 aliphatic carbocycles. The molecule has 1 aromatic heterocycles. The Hall–Kier alpha value is -3.90. The summed E-state index contributed by atoms with van der Waals surface area (Å²) in [5, 5.41) is 9.25. The highest BCUT2D eigenvalue weighted by molar-refractivity contribution is 7.22. The maximum atomic E-state index is 14.0. The van der Waals surface area contributed by atoms with Crippen LogP contribution in [-0.4, -0.2) is 83.6 Å². The molecule has 0 unspecified atom stereocenters. The largest absolute Gasteiger partial charge is 0.497 e. The summed E-state index contributed by atoms with van der Waals surface area (Å²) >= 11 is 1.40. The molecular formula is C27H35N7O4S. The zero-order valence-corrected chi connectivity index (χ0v) is 23.5. The van der Waals surface area contributed by atoms with E-state index in [-0.39, 0.29) is 43.5 Å². The van der Waals surface area contributed by atoms with Gasteiger partial charge in [0.2, 0.25) is 11.8 Å². The third-order valence-electron chi connectivity index (χ3n) is 6.59. The minimum Gasteiger partial charge on any atom is -0.497 e.